The van der Waals surface area contributed by atoms with Crippen LogP contribution in [0.4, 0.5) is 0 Å². The third-order valence-corrected chi connectivity index (χ3v) is 2.02. The first kappa shape index (κ1) is 8.31. The van der Waals surface area contributed by atoms with Crippen LogP contribution in [0.5, 0.6) is 0 Å². The highest BCUT2D eigenvalue weighted by Gasteiger charge is 2.26. The second-order valence-corrected chi connectivity index (χ2v) is 3.05. The molecule has 2 atom stereocenters. The van der Waals surface area contributed by atoms with Gasteiger partial charge in [0.25, 0.3) is 0 Å². The van der Waals surface area contributed by atoms with E-state index in [4.69, 9.17) is 4.74 Å². The van der Waals surface area contributed by atoms with Gasteiger partial charge in [-0.2, -0.15) is 0 Å². The van der Waals surface area contributed by atoms with E-state index < -0.39 is 0 Å². The number of hydrogen-bond donors (Lipinski definition) is 0. The van der Waals surface area contributed by atoms with Crippen molar-refractivity contribution < 1.29 is 9.53 Å². The van der Waals surface area contributed by atoms with Gasteiger partial charge in [0, 0.05) is 0 Å². The van der Waals surface area contributed by atoms with Gasteiger partial charge in [0.1, 0.15) is 0 Å². The summed E-state index contributed by atoms with van der Waals surface area (Å²) < 4.78 is 5.06. The molecule has 0 radical (unpaired) electrons. The Morgan fingerprint density at radius 3 is 3.00 bits per heavy atom. The van der Waals surface area contributed by atoms with Gasteiger partial charge < -0.3 is 4.74 Å². The second kappa shape index (κ2) is 3.56. The quantitative estimate of drug-likeness (QED) is 0.448. The lowest BCUT2D eigenvalue weighted by atomic mass is 9.95. The summed E-state index contributed by atoms with van der Waals surface area (Å²) in [6.45, 7) is 5.53. The van der Waals surface area contributed by atoms with Crippen LogP contribution in [0, 0.1) is 5.92 Å². The van der Waals surface area contributed by atoms with Crippen LogP contribution in [0.2, 0.25) is 0 Å². The molecular weight excluding hydrogens is 140 g/mol. The maximum absolute atomic E-state index is 11.1. The summed E-state index contributed by atoms with van der Waals surface area (Å²) >= 11 is 0. The smallest absolute Gasteiger partial charge is 0.309 e. The molecule has 0 aromatic carbocycles. The molecule has 1 fully saturated rings. The van der Waals surface area contributed by atoms with Crippen molar-refractivity contribution in [1.82, 2.24) is 0 Å². The Morgan fingerprint density at radius 1 is 1.73 bits per heavy atom. The first-order valence-electron chi connectivity index (χ1n) is 4.05. The molecule has 0 aromatic heterocycles. The standard InChI is InChI=1S/C9H14O2/c1-3-4-8-6-5-7(2)11-9(8)10/h3,7-8H,1,4-6H2,2H3/t7-,8+/m1/s1. The molecule has 2 heteroatoms. The summed E-state index contributed by atoms with van der Waals surface area (Å²) in [4.78, 5) is 11.1. The van der Waals surface area contributed by atoms with E-state index >= 15 is 0 Å². The van der Waals surface area contributed by atoms with Gasteiger partial charge in [-0.25, -0.2) is 0 Å². The summed E-state index contributed by atoms with van der Waals surface area (Å²) in [5.41, 5.74) is 0. The van der Waals surface area contributed by atoms with Crippen LogP contribution in [0.15, 0.2) is 12.7 Å². The van der Waals surface area contributed by atoms with Crippen molar-refractivity contribution in [3.8, 4) is 0 Å². The third-order valence-electron chi connectivity index (χ3n) is 2.02. The molecule has 0 aliphatic carbocycles. The number of hydrogen-bond acceptors (Lipinski definition) is 2. The SMILES string of the molecule is C=CC[C@H]1CC[C@@H](C)OC1=O. The average molecular weight is 154 g/mol. The Balaban J connectivity index is 2.43. The van der Waals surface area contributed by atoms with E-state index in [0.717, 1.165) is 19.3 Å². The number of carbonyl (C=O) groups excluding carboxylic acids is 1. The molecule has 11 heavy (non-hydrogen) atoms. The van der Waals surface area contributed by atoms with Crippen LogP contribution in [-0.4, -0.2) is 12.1 Å². The molecule has 0 spiro atoms. The molecule has 0 saturated carbocycles. The lowest BCUT2D eigenvalue weighted by Gasteiger charge is -2.24. The zero-order chi connectivity index (χ0) is 8.27. The number of cyclic esters (lactones) is 1. The molecule has 0 amide bonds. The number of allylic oxidation sites excluding steroid dienone is 1. The molecule has 0 bridgehead atoms. The normalized spacial score (nSPS) is 31.2. The fraction of sp³-hybridized carbons (Fsp3) is 0.667. The van der Waals surface area contributed by atoms with Gasteiger partial charge in [-0.05, 0) is 26.2 Å². The maximum atomic E-state index is 11.1. The summed E-state index contributed by atoms with van der Waals surface area (Å²) in [5.74, 6) is 0.0207. The minimum absolute atomic E-state index is 0.0522. The summed E-state index contributed by atoms with van der Waals surface area (Å²) in [7, 11) is 0. The van der Waals surface area contributed by atoms with Gasteiger partial charge in [-0.3, -0.25) is 4.79 Å². The zero-order valence-electron chi connectivity index (χ0n) is 6.88. The molecule has 1 heterocycles. The summed E-state index contributed by atoms with van der Waals surface area (Å²) in [6, 6.07) is 0. The Hall–Kier alpha value is -0.790. The highest BCUT2D eigenvalue weighted by Crippen LogP contribution is 2.22. The predicted molar refractivity (Wildman–Crippen MR) is 43.1 cm³/mol. The number of ether oxygens (including phenoxy) is 1. The Kier molecular flexibility index (Phi) is 2.69. The molecule has 62 valence electrons. The van der Waals surface area contributed by atoms with Crippen LogP contribution in [0.1, 0.15) is 26.2 Å². The molecule has 0 N–H and O–H groups in total. The largest absolute Gasteiger partial charge is 0.462 e. The monoisotopic (exact) mass is 154 g/mol. The fourth-order valence-electron chi connectivity index (χ4n) is 1.32. The second-order valence-electron chi connectivity index (χ2n) is 3.05. The van der Waals surface area contributed by atoms with Crippen LogP contribution >= 0.6 is 0 Å². The Morgan fingerprint density at radius 2 is 2.45 bits per heavy atom. The van der Waals surface area contributed by atoms with Crippen LogP contribution in [0.3, 0.4) is 0 Å². The highest BCUT2D eigenvalue weighted by molar-refractivity contribution is 5.73. The lowest BCUT2D eigenvalue weighted by molar-refractivity contribution is -0.158. The van der Waals surface area contributed by atoms with Crippen molar-refractivity contribution in [2.75, 3.05) is 0 Å². The van der Waals surface area contributed by atoms with Gasteiger partial charge in [0.15, 0.2) is 0 Å². The van der Waals surface area contributed by atoms with Crippen molar-refractivity contribution >= 4 is 5.97 Å². The maximum Gasteiger partial charge on any atom is 0.309 e. The molecule has 0 aromatic rings. The lowest BCUT2D eigenvalue weighted by Crippen LogP contribution is -2.28. The molecule has 1 aliphatic rings. The van der Waals surface area contributed by atoms with E-state index in [-0.39, 0.29) is 18.0 Å². The van der Waals surface area contributed by atoms with Gasteiger partial charge in [-0.1, -0.05) is 6.08 Å². The first-order chi connectivity index (χ1) is 5.24. The van der Waals surface area contributed by atoms with E-state index in [9.17, 15) is 4.79 Å². The predicted octanol–water partition coefficient (Wildman–Crippen LogP) is 1.90. The molecule has 1 aliphatic heterocycles. The minimum atomic E-state index is -0.0522. The van der Waals surface area contributed by atoms with Crippen molar-refractivity contribution in [2.45, 2.75) is 32.3 Å². The topological polar surface area (TPSA) is 26.3 Å². The highest BCUT2D eigenvalue weighted by atomic mass is 16.5. The van der Waals surface area contributed by atoms with Crippen LogP contribution in [-0.2, 0) is 9.53 Å². The molecule has 2 nitrogen and oxygen atoms in total. The van der Waals surface area contributed by atoms with E-state index in [1.54, 1.807) is 6.08 Å². The number of carbonyl (C=O) groups is 1. The van der Waals surface area contributed by atoms with Crippen molar-refractivity contribution in [3.63, 3.8) is 0 Å². The van der Waals surface area contributed by atoms with E-state index in [1.807, 2.05) is 6.92 Å². The first-order valence-corrected chi connectivity index (χ1v) is 4.05. The molecule has 0 unspecified atom stereocenters. The third kappa shape index (κ3) is 2.07. The Labute approximate surface area is 67.2 Å². The van der Waals surface area contributed by atoms with Crippen molar-refractivity contribution in [1.29, 1.82) is 0 Å². The van der Waals surface area contributed by atoms with Crippen LogP contribution in [0.25, 0.3) is 0 Å². The van der Waals surface area contributed by atoms with Gasteiger partial charge >= 0.3 is 5.97 Å². The number of esters is 1. The van der Waals surface area contributed by atoms with Gasteiger partial charge in [0.05, 0.1) is 12.0 Å². The molecular formula is C9H14O2. The van der Waals surface area contributed by atoms with Crippen molar-refractivity contribution in [3.05, 3.63) is 12.7 Å². The Bertz CT molecular complexity index is 163. The van der Waals surface area contributed by atoms with Crippen molar-refractivity contribution in [2.24, 2.45) is 5.92 Å². The average Bonchev–Trinajstić information content (AvgIpc) is 1.95. The number of rotatable bonds is 2. The summed E-state index contributed by atoms with van der Waals surface area (Å²) in [6.07, 6.45) is 4.59. The zero-order valence-corrected chi connectivity index (χ0v) is 6.88. The van der Waals surface area contributed by atoms with Gasteiger partial charge in [-0.15, -0.1) is 6.58 Å². The van der Waals surface area contributed by atoms with Crippen LogP contribution < -0.4 is 0 Å². The van der Waals surface area contributed by atoms with E-state index in [2.05, 4.69) is 6.58 Å². The van der Waals surface area contributed by atoms with E-state index in [0.29, 0.717) is 0 Å². The minimum Gasteiger partial charge on any atom is -0.462 e. The fourth-order valence-corrected chi connectivity index (χ4v) is 1.32. The van der Waals surface area contributed by atoms with Gasteiger partial charge in [0.2, 0.25) is 0 Å². The van der Waals surface area contributed by atoms with E-state index in [1.165, 1.54) is 0 Å². The molecule has 1 saturated heterocycles. The molecule has 1 rings (SSSR count). The summed E-state index contributed by atoms with van der Waals surface area (Å²) in [5, 5.41) is 0.